The largest absolute Gasteiger partial charge is 0.322 e. The highest BCUT2D eigenvalue weighted by Crippen LogP contribution is 2.31. The van der Waals surface area contributed by atoms with Crippen LogP contribution in [-0.4, -0.2) is 16.7 Å². The predicted octanol–water partition coefficient (Wildman–Crippen LogP) is 6.45. The van der Waals surface area contributed by atoms with Gasteiger partial charge in [-0.05, 0) is 30.3 Å². The van der Waals surface area contributed by atoms with Crippen molar-refractivity contribution in [3.63, 3.8) is 0 Å². The molecule has 0 saturated carbocycles. The van der Waals surface area contributed by atoms with Gasteiger partial charge in [-0.3, -0.25) is 9.59 Å². The minimum Gasteiger partial charge on any atom is -0.322 e. The van der Waals surface area contributed by atoms with Crippen LogP contribution in [0, 0.1) is 0 Å². The Morgan fingerprint density at radius 1 is 0.719 bits per heavy atom. The van der Waals surface area contributed by atoms with Crippen molar-refractivity contribution in [1.29, 1.82) is 0 Å². The summed E-state index contributed by atoms with van der Waals surface area (Å²) in [4.78, 5) is 30.7. The van der Waals surface area contributed by atoms with Crippen molar-refractivity contribution in [3.8, 4) is 10.6 Å². The molecular formula is C27H18N2O2S. The zero-order chi connectivity index (χ0) is 21.9. The molecule has 0 fully saturated rings. The number of ketones is 1. The van der Waals surface area contributed by atoms with E-state index in [9.17, 15) is 9.59 Å². The van der Waals surface area contributed by atoms with Crippen molar-refractivity contribution in [1.82, 2.24) is 4.98 Å². The smallest absolute Gasteiger partial charge is 0.256 e. The molecule has 32 heavy (non-hydrogen) atoms. The van der Waals surface area contributed by atoms with Crippen LogP contribution in [0.3, 0.4) is 0 Å². The molecule has 0 saturated heterocycles. The number of para-hydroxylation sites is 1. The molecule has 0 spiro atoms. The van der Waals surface area contributed by atoms with Gasteiger partial charge in [0.2, 0.25) is 0 Å². The van der Waals surface area contributed by atoms with E-state index >= 15 is 0 Å². The zero-order valence-electron chi connectivity index (χ0n) is 17.0. The summed E-state index contributed by atoms with van der Waals surface area (Å²) >= 11 is 1.61. The summed E-state index contributed by atoms with van der Waals surface area (Å²) < 4.78 is 1.12. The fourth-order valence-electron chi connectivity index (χ4n) is 3.55. The number of hydrogen-bond acceptors (Lipinski definition) is 4. The summed E-state index contributed by atoms with van der Waals surface area (Å²) in [6.45, 7) is 0. The molecule has 0 aliphatic carbocycles. The Labute approximate surface area is 189 Å². The molecule has 1 aromatic heterocycles. The number of anilines is 1. The van der Waals surface area contributed by atoms with E-state index in [1.54, 1.807) is 47.7 Å². The van der Waals surface area contributed by atoms with Crippen molar-refractivity contribution in [3.05, 3.63) is 120 Å². The number of benzene rings is 4. The van der Waals surface area contributed by atoms with Crippen LogP contribution in [0.25, 0.3) is 20.8 Å². The number of hydrogen-bond donors (Lipinski definition) is 1. The molecule has 154 valence electrons. The van der Waals surface area contributed by atoms with Crippen molar-refractivity contribution < 1.29 is 9.59 Å². The molecule has 1 amide bonds. The lowest BCUT2D eigenvalue weighted by Crippen LogP contribution is -2.17. The fourth-order valence-corrected chi connectivity index (χ4v) is 4.51. The summed E-state index contributed by atoms with van der Waals surface area (Å²) in [6.07, 6.45) is 0. The summed E-state index contributed by atoms with van der Waals surface area (Å²) in [7, 11) is 0. The SMILES string of the molecule is O=C(Nc1cccc(-c2nc3ccccc3s2)c1)c1ccccc1C(=O)c1ccccc1. The summed E-state index contributed by atoms with van der Waals surface area (Å²) in [5, 5.41) is 3.83. The number of fused-ring (bicyclic) bond motifs is 1. The van der Waals surface area contributed by atoms with Crippen LogP contribution in [0.1, 0.15) is 26.3 Å². The van der Waals surface area contributed by atoms with Gasteiger partial charge in [-0.1, -0.05) is 72.8 Å². The van der Waals surface area contributed by atoms with E-state index in [0.717, 1.165) is 20.8 Å². The molecule has 1 heterocycles. The number of amides is 1. The third kappa shape index (κ3) is 3.94. The molecule has 0 radical (unpaired) electrons. The maximum Gasteiger partial charge on any atom is 0.256 e. The highest BCUT2D eigenvalue weighted by Gasteiger charge is 2.18. The second-order valence-corrected chi connectivity index (χ2v) is 8.29. The van der Waals surface area contributed by atoms with Gasteiger partial charge in [0.05, 0.1) is 15.8 Å². The van der Waals surface area contributed by atoms with E-state index in [2.05, 4.69) is 5.32 Å². The zero-order valence-corrected chi connectivity index (χ0v) is 17.8. The van der Waals surface area contributed by atoms with Gasteiger partial charge < -0.3 is 5.32 Å². The second kappa shape index (κ2) is 8.57. The van der Waals surface area contributed by atoms with Crippen molar-refractivity contribution in [2.75, 3.05) is 5.32 Å². The number of nitrogens with one attached hydrogen (secondary N) is 1. The minimum absolute atomic E-state index is 0.181. The Balaban J connectivity index is 1.43. The molecular weight excluding hydrogens is 416 g/mol. The number of aromatic nitrogens is 1. The average Bonchev–Trinajstić information content (AvgIpc) is 3.29. The molecule has 0 unspecified atom stereocenters. The predicted molar refractivity (Wildman–Crippen MR) is 129 cm³/mol. The van der Waals surface area contributed by atoms with Crippen LogP contribution in [0.5, 0.6) is 0 Å². The maximum atomic E-state index is 13.1. The highest BCUT2D eigenvalue weighted by molar-refractivity contribution is 7.21. The van der Waals surface area contributed by atoms with Crippen LogP contribution >= 0.6 is 11.3 Å². The third-order valence-electron chi connectivity index (χ3n) is 5.11. The maximum absolute atomic E-state index is 13.1. The molecule has 0 atom stereocenters. The topological polar surface area (TPSA) is 59.1 Å². The van der Waals surface area contributed by atoms with Gasteiger partial charge in [-0.2, -0.15) is 0 Å². The van der Waals surface area contributed by atoms with Gasteiger partial charge in [0.25, 0.3) is 5.91 Å². The van der Waals surface area contributed by atoms with Gasteiger partial charge in [0, 0.05) is 22.4 Å². The van der Waals surface area contributed by atoms with E-state index in [1.165, 1.54) is 0 Å². The van der Waals surface area contributed by atoms with E-state index in [0.29, 0.717) is 22.4 Å². The quantitative estimate of drug-likeness (QED) is 0.324. The van der Waals surface area contributed by atoms with Crippen molar-refractivity contribution in [2.45, 2.75) is 0 Å². The molecule has 1 N–H and O–H groups in total. The van der Waals surface area contributed by atoms with E-state index in [4.69, 9.17) is 4.98 Å². The summed E-state index contributed by atoms with van der Waals surface area (Å²) in [5.41, 5.74) is 3.79. The van der Waals surface area contributed by atoms with Crippen LogP contribution < -0.4 is 5.32 Å². The molecule has 5 rings (SSSR count). The Morgan fingerprint density at radius 2 is 1.44 bits per heavy atom. The number of carbonyl (C=O) groups is 2. The molecule has 4 nitrogen and oxygen atoms in total. The lowest BCUT2D eigenvalue weighted by molar-refractivity contribution is 0.0996. The molecule has 4 aromatic carbocycles. The first-order chi connectivity index (χ1) is 15.7. The monoisotopic (exact) mass is 434 g/mol. The average molecular weight is 435 g/mol. The third-order valence-corrected chi connectivity index (χ3v) is 6.20. The van der Waals surface area contributed by atoms with Gasteiger partial charge in [-0.25, -0.2) is 4.98 Å². The number of thiazole rings is 1. The lowest BCUT2D eigenvalue weighted by atomic mass is 9.98. The Bertz CT molecular complexity index is 1410. The van der Waals surface area contributed by atoms with Crippen LogP contribution in [-0.2, 0) is 0 Å². The summed E-state index contributed by atoms with van der Waals surface area (Å²) in [5.74, 6) is -0.508. The first-order valence-electron chi connectivity index (χ1n) is 10.2. The number of nitrogens with zero attached hydrogens (tertiary/aromatic N) is 1. The van der Waals surface area contributed by atoms with Gasteiger partial charge in [0.15, 0.2) is 5.78 Å². The molecule has 0 bridgehead atoms. The van der Waals surface area contributed by atoms with Crippen LogP contribution in [0.15, 0.2) is 103 Å². The van der Waals surface area contributed by atoms with Crippen LogP contribution in [0.2, 0.25) is 0 Å². The Hall–Kier alpha value is -4.09. The second-order valence-electron chi connectivity index (χ2n) is 7.26. The van der Waals surface area contributed by atoms with E-state index < -0.39 is 0 Å². The fraction of sp³-hybridized carbons (Fsp3) is 0. The van der Waals surface area contributed by atoms with Crippen molar-refractivity contribution in [2.24, 2.45) is 0 Å². The normalized spacial score (nSPS) is 10.8. The van der Waals surface area contributed by atoms with E-state index in [-0.39, 0.29) is 11.7 Å². The lowest BCUT2D eigenvalue weighted by Gasteiger charge is -2.10. The van der Waals surface area contributed by atoms with Crippen LogP contribution in [0.4, 0.5) is 5.69 Å². The first-order valence-corrected chi connectivity index (χ1v) is 11.0. The van der Waals surface area contributed by atoms with Gasteiger partial charge >= 0.3 is 0 Å². The van der Waals surface area contributed by atoms with Crippen molar-refractivity contribution >= 4 is 38.9 Å². The highest BCUT2D eigenvalue weighted by atomic mass is 32.1. The standard InChI is InChI=1S/C27H18N2O2S/c30-25(18-9-2-1-3-10-18)21-13-4-5-14-22(21)26(31)28-20-12-8-11-19(17-20)27-29-23-15-6-7-16-24(23)32-27/h1-17H,(H,28,31). The molecule has 0 aliphatic heterocycles. The van der Waals surface area contributed by atoms with Gasteiger partial charge in [0.1, 0.15) is 5.01 Å². The van der Waals surface area contributed by atoms with E-state index in [1.807, 2.05) is 66.7 Å². The Kier molecular flexibility index (Phi) is 5.32. The first kappa shape index (κ1) is 19.8. The Morgan fingerprint density at radius 3 is 2.25 bits per heavy atom. The number of carbonyl (C=O) groups excluding carboxylic acids is 2. The summed E-state index contributed by atoms with van der Waals surface area (Å²) in [6, 6.07) is 31.4. The number of rotatable bonds is 5. The molecule has 5 heteroatoms. The minimum atomic E-state index is -0.327. The molecule has 0 aliphatic rings. The molecule has 5 aromatic rings. The van der Waals surface area contributed by atoms with Gasteiger partial charge in [-0.15, -0.1) is 11.3 Å².